The van der Waals surface area contributed by atoms with E-state index in [1.807, 2.05) is 37.4 Å². The van der Waals surface area contributed by atoms with Crippen LogP contribution in [0, 0.1) is 23.2 Å². The Balaban J connectivity index is 1.42. The molecular formula is C24H32N2O2. The zero-order valence-electron chi connectivity index (χ0n) is 17.3. The molecule has 0 saturated heterocycles. The van der Waals surface area contributed by atoms with Gasteiger partial charge in [-0.2, -0.15) is 0 Å². The van der Waals surface area contributed by atoms with Crippen LogP contribution in [-0.2, 0) is 11.3 Å². The summed E-state index contributed by atoms with van der Waals surface area (Å²) < 4.78 is 0. The van der Waals surface area contributed by atoms with Crippen molar-refractivity contribution in [3.63, 3.8) is 0 Å². The largest absolute Gasteiger partial charge is 0.355 e. The van der Waals surface area contributed by atoms with Crippen molar-refractivity contribution in [1.29, 1.82) is 0 Å². The molecule has 1 aromatic carbocycles. The highest BCUT2D eigenvalue weighted by Crippen LogP contribution is 2.62. The summed E-state index contributed by atoms with van der Waals surface area (Å²) in [5.74, 6) is 2.66. The highest BCUT2D eigenvalue weighted by molar-refractivity contribution is 5.94. The number of carbonyl (C=O) groups excluding carboxylic acids is 2. The Kier molecular flexibility index (Phi) is 5.07. The van der Waals surface area contributed by atoms with E-state index in [0.29, 0.717) is 17.5 Å². The number of hydrogen-bond donors (Lipinski definition) is 1. The molecule has 0 unspecified atom stereocenters. The Labute approximate surface area is 168 Å². The van der Waals surface area contributed by atoms with Crippen LogP contribution in [-0.4, -0.2) is 30.8 Å². The van der Waals surface area contributed by atoms with Gasteiger partial charge in [-0.25, -0.2) is 0 Å². The summed E-state index contributed by atoms with van der Waals surface area (Å²) in [6.45, 7) is 2.74. The molecule has 4 bridgehead atoms. The summed E-state index contributed by atoms with van der Waals surface area (Å²) in [5.41, 5.74) is 3.26. The molecule has 2 amide bonds. The highest BCUT2D eigenvalue weighted by atomic mass is 16.2. The van der Waals surface area contributed by atoms with E-state index in [1.54, 1.807) is 11.9 Å². The first kappa shape index (κ1) is 19.2. The van der Waals surface area contributed by atoms with Crippen LogP contribution >= 0.6 is 0 Å². The number of carbonyl (C=O) groups is 2. The van der Waals surface area contributed by atoms with E-state index < -0.39 is 0 Å². The topological polar surface area (TPSA) is 49.4 Å². The van der Waals surface area contributed by atoms with E-state index in [-0.39, 0.29) is 11.8 Å². The Morgan fingerprint density at radius 2 is 1.61 bits per heavy atom. The van der Waals surface area contributed by atoms with Gasteiger partial charge in [-0.3, -0.25) is 9.59 Å². The lowest BCUT2D eigenvalue weighted by atomic mass is 9.48. The van der Waals surface area contributed by atoms with Crippen molar-refractivity contribution >= 4 is 11.8 Å². The average molecular weight is 381 g/mol. The fourth-order valence-corrected chi connectivity index (χ4v) is 6.30. The van der Waals surface area contributed by atoms with Crippen LogP contribution in [0.15, 0.2) is 35.9 Å². The molecular weight excluding hydrogens is 348 g/mol. The Bertz CT molecular complexity index is 758. The number of nitrogens with zero attached hydrogens (tertiary/aromatic N) is 1. The maximum atomic E-state index is 12.9. The maximum absolute atomic E-state index is 12.9. The van der Waals surface area contributed by atoms with Crippen molar-refractivity contribution in [2.75, 3.05) is 14.1 Å². The van der Waals surface area contributed by atoms with Gasteiger partial charge in [0.05, 0.1) is 0 Å². The van der Waals surface area contributed by atoms with Crippen LogP contribution in [0.1, 0.15) is 61.4 Å². The van der Waals surface area contributed by atoms with Crippen LogP contribution in [0.4, 0.5) is 0 Å². The zero-order valence-corrected chi connectivity index (χ0v) is 17.3. The van der Waals surface area contributed by atoms with Crippen LogP contribution in [0.25, 0.3) is 0 Å². The van der Waals surface area contributed by atoms with Crippen molar-refractivity contribution < 1.29 is 9.59 Å². The normalized spacial score (nSPS) is 31.0. The lowest BCUT2D eigenvalue weighted by Crippen LogP contribution is -2.46. The van der Waals surface area contributed by atoms with Crippen molar-refractivity contribution in [3.8, 4) is 0 Å². The molecule has 0 aromatic heterocycles. The first-order valence-electron chi connectivity index (χ1n) is 10.6. The Morgan fingerprint density at radius 3 is 2.11 bits per heavy atom. The van der Waals surface area contributed by atoms with Gasteiger partial charge in [0.25, 0.3) is 5.91 Å². The van der Waals surface area contributed by atoms with Crippen molar-refractivity contribution in [1.82, 2.24) is 10.2 Å². The number of rotatable bonds is 5. The molecule has 0 atom stereocenters. The van der Waals surface area contributed by atoms with Gasteiger partial charge < -0.3 is 10.2 Å². The SMILES string of the molecule is CNC(=O)c1ccc(CN(C)C(=O)/C=C(\C)C23CC4CC(CC(C4)C2)C3)cc1. The zero-order chi connectivity index (χ0) is 19.9. The molecule has 28 heavy (non-hydrogen) atoms. The minimum atomic E-state index is -0.0925. The number of likely N-dealkylation sites (N-methyl/N-ethyl adjacent to an activating group) is 1. The van der Waals surface area contributed by atoms with Crippen molar-refractivity contribution in [2.45, 2.75) is 52.0 Å². The molecule has 4 saturated carbocycles. The monoisotopic (exact) mass is 380 g/mol. The van der Waals surface area contributed by atoms with Gasteiger partial charge in [0, 0.05) is 32.3 Å². The van der Waals surface area contributed by atoms with E-state index in [0.717, 1.165) is 23.3 Å². The van der Waals surface area contributed by atoms with E-state index in [9.17, 15) is 9.59 Å². The number of nitrogens with one attached hydrogen (secondary N) is 1. The molecule has 1 N–H and O–H groups in total. The number of hydrogen-bond acceptors (Lipinski definition) is 2. The van der Waals surface area contributed by atoms with Crippen LogP contribution in [0.5, 0.6) is 0 Å². The summed E-state index contributed by atoms with van der Waals surface area (Å²) in [7, 11) is 3.49. The fraction of sp³-hybridized carbons (Fsp3) is 0.583. The van der Waals surface area contributed by atoms with E-state index >= 15 is 0 Å². The maximum Gasteiger partial charge on any atom is 0.251 e. The first-order chi connectivity index (χ1) is 13.4. The molecule has 0 heterocycles. The molecule has 4 fully saturated rings. The summed E-state index contributed by atoms with van der Waals surface area (Å²) in [4.78, 5) is 26.3. The van der Waals surface area contributed by atoms with E-state index in [2.05, 4.69) is 12.2 Å². The summed E-state index contributed by atoms with van der Waals surface area (Å²) in [5, 5.41) is 2.62. The third kappa shape index (κ3) is 3.61. The quantitative estimate of drug-likeness (QED) is 0.780. The van der Waals surface area contributed by atoms with E-state index in [1.165, 1.54) is 44.1 Å². The van der Waals surface area contributed by atoms with Crippen LogP contribution in [0.3, 0.4) is 0 Å². The molecule has 0 radical (unpaired) electrons. The number of benzene rings is 1. The molecule has 4 aliphatic rings. The van der Waals surface area contributed by atoms with Crippen LogP contribution in [0.2, 0.25) is 0 Å². The number of allylic oxidation sites excluding steroid dienone is 1. The van der Waals surface area contributed by atoms with Gasteiger partial charge in [-0.1, -0.05) is 17.7 Å². The Morgan fingerprint density at radius 1 is 1.07 bits per heavy atom. The fourth-order valence-electron chi connectivity index (χ4n) is 6.30. The van der Waals surface area contributed by atoms with Gasteiger partial charge in [-0.15, -0.1) is 0 Å². The van der Waals surface area contributed by atoms with Gasteiger partial charge >= 0.3 is 0 Å². The van der Waals surface area contributed by atoms with Gasteiger partial charge in [-0.05, 0) is 86.3 Å². The third-order valence-electron chi connectivity index (χ3n) is 7.45. The second-order valence-corrected chi connectivity index (χ2v) is 9.50. The second kappa shape index (κ2) is 7.38. The van der Waals surface area contributed by atoms with E-state index in [4.69, 9.17) is 0 Å². The smallest absolute Gasteiger partial charge is 0.251 e. The lowest BCUT2D eigenvalue weighted by molar-refractivity contribution is -0.125. The standard InChI is InChI=1S/C24H32N2O2/c1-16(24-12-18-9-19(13-24)11-20(10-18)14-24)8-22(27)26(3)15-17-4-6-21(7-5-17)23(28)25-2/h4-8,18-20H,9-15H2,1-3H3,(H,25,28)/b16-8+. The number of amides is 2. The minimum absolute atomic E-state index is 0.0867. The molecule has 1 aromatic rings. The molecule has 4 aliphatic carbocycles. The van der Waals surface area contributed by atoms with Crippen molar-refractivity contribution in [3.05, 3.63) is 47.0 Å². The lowest BCUT2D eigenvalue weighted by Gasteiger charge is -2.57. The molecule has 4 nitrogen and oxygen atoms in total. The average Bonchev–Trinajstić information content (AvgIpc) is 2.66. The summed E-state index contributed by atoms with van der Waals surface area (Å²) in [6.07, 6.45) is 10.1. The van der Waals surface area contributed by atoms with Crippen molar-refractivity contribution in [2.24, 2.45) is 23.2 Å². The van der Waals surface area contributed by atoms with Crippen LogP contribution < -0.4 is 5.32 Å². The Hall–Kier alpha value is -2.10. The molecule has 150 valence electrons. The van der Waals surface area contributed by atoms with Gasteiger partial charge in [0.1, 0.15) is 0 Å². The van der Waals surface area contributed by atoms with Gasteiger partial charge in [0.2, 0.25) is 5.91 Å². The molecule has 5 rings (SSSR count). The van der Waals surface area contributed by atoms with Gasteiger partial charge in [0.15, 0.2) is 0 Å². The minimum Gasteiger partial charge on any atom is -0.355 e. The highest BCUT2D eigenvalue weighted by Gasteiger charge is 2.51. The molecule has 0 aliphatic heterocycles. The summed E-state index contributed by atoms with van der Waals surface area (Å²) in [6, 6.07) is 7.46. The molecule has 4 heteroatoms. The summed E-state index contributed by atoms with van der Waals surface area (Å²) >= 11 is 0. The molecule has 0 spiro atoms. The predicted octanol–water partition coefficient (Wildman–Crippen LogP) is 4.17. The third-order valence-corrected chi connectivity index (χ3v) is 7.45. The second-order valence-electron chi connectivity index (χ2n) is 9.50. The predicted molar refractivity (Wildman–Crippen MR) is 111 cm³/mol. The first-order valence-corrected chi connectivity index (χ1v) is 10.6.